The Morgan fingerprint density at radius 2 is 2.18 bits per heavy atom. The van der Waals surface area contributed by atoms with Crippen LogP contribution in [0, 0.1) is 5.82 Å². The van der Waals surface area contributed by atoms with Gasteiger partial charge in [-0.05, 0) is 42.0 Å². The zero-order chi connectivity index (χ0) is 23.6. The van der Waals surface area contributed by atoms with Gasteiger partial charge in [0, 0.05) is 51.4 Å². The summed E-state index contributed by atoms with van der Waals surface area (Å²) >= 11 is 1.68. The molecule has 182 valence electrons. The molecular weight excluding hydrogens is 447 g/mol. The Balaban J connectivity index is 1.70. The fourth-order valence-corrected chi connectivity index (χ4v) is 5.03. The summed E-state index contributed by atoms with van der Waals surface area (Å²) in [4.78, 5) is 18.5. The molecule has 2 heterocycles. The standard InChI is InChI=1S/C24H33FN2O5S/c1-30-11-4-9-26(14-19(28)16-31-2)15-24(29)27-10-7-23-21(8-12-33-23)22(27)17-32-20-6-3-5-18(25)13-20/h3,5-6,8,12-13,19,22,28H,4,7,9-11,14-17H2,1-2H3/t19-,22+/m1/s1. The van der Waals surface area contributed by atoms with Crippen LogP contribution in [-0.4, -0.2) is 87.1 Å². The monoisotopic (exact) mass is 480 g/mol. The average molecular weight is 481 g/mol. The minimum Gasteiger partial charge on any atom is -0.491 e. The molecule has 0 radical (unpaired) electrons. The molecule has 0 saturated carbocycles. The summed E-state index contributed by atoms with van der Waals surface area (Å²) in [5.74, 6) is 0.0528. The first-order valence-electron chi connectivity index (χ1n) is 11.1. The minimum absolute atomic E-state index is 0.0262. The van der Waals surface area contributed by atoms with Gasteiger partial charge in [0.2, 0.25) is 5.91 Å². The lowest BCUT2D eigenvalue weighted by atomic mass is 10.0. The van der Waals surface area contributed by atoms with Gasteiger partial charge in [-0.1, -0.05) is 6.07 Å². The summed E-state index contributed by atoms with van der Waals surface area (Å²) in [7, 11) is 3.18. The number of rotatable bonds is 13. The molecule has 7 nitrogen and oxygen atoms in total. The molecule has 2 aromatic rings. The third kappa shape index (κ3) is 7.48. The number of methoxy groups -OCH3 is 2. The van der Waals surface area contributed by atoms with E-state index in [0.29, 0.717) is 32.0 Å². The molecule has 1 aromatic carbocycles. The summed E-state index contributed by atoms with van der Waals surface area (Å²) < 4.78 is 29.7. The molecule has 1 aromatic heterocycles. The topological polar surface area (TPSA) is 71.5 Å². The Labute approximate surface area is 198 Å². The number of amides is 1. The van der Waals surface area contributed by atoms with Crippen LogP contribution < -0.4 is 4.74 Å². The Morgan fingerprint density at radius 1 is 1.33 bits per heavy atom. The van der Waals surface area contributed by atoms with Gasteiger partial charge in [-0.25, -0.2) is 4.39 Å². The number of ether oxygens (including phenoxy) is 3. The first-order valence-corrected chi connectivity index (χ1v) is 12.0. The van der Waals surface area contributed by atoms with E-state index in [0.717, 1.165) is 18.4 Å². The fourth-order valence-electron chi connectivity index (χ4n) is 4.10. The highest BCUT2D eigenvalue weighted by molar-refractivity contribution is 7.10. The number of carbonyl (C=O) groups is 1. The first kappa shape index (κ1) is 25.6. The SMILES string of the molecule is COCCCN(CC(=O)N1CCc2sccc2[C@@H]1COc1cccc(F)c1)C[C@@H](O)COC. The predicted molar refractivity (Wildman–Crippen MR) is 125 cm³/mol. The molecule has 0 fully saturated rings. The lowest BCUT2D eigenvalue weighted by Gasteiger charge is -2.37. The molecule has 0 aliphatic carbocycles. The van der Waals surface area contributed by atoms with E-state index in [4.69, 9.17) is 14.2 Å². The Hall–Kier alpha value is -2.04. The highest BCUT2D eigenvalue weighted by Crippen LogP contribution is 2.34. The molecule has 9 heteroatoms. The van der Waals surface area contributed by atoms with Crippen LogP contribution in [0.3, 0.4) is 0 Å². The third-order valence-corrected chi connectivity index (χ3v) is 6.63. The largest absolute Gasteiger partial charge is 0.491 e. The Kier molecular flexibility index (Phi) is 10.1. The van der Waals surface area contributed by atoms with Gasteiger partial charge >= 0.3 is 0 Å². The van der Waals surface area contributed by atoms with Gasteiger partial charge < -0.3 is 24.2 Å². The molecule has 33 heavy (non-hydrogen) atoms. The van der Waals surface area contributed by atoms with Crippen molar-refractivity contribution in [2.45, 2.75) is 25.0 Å². The lowest BCUT2D eigenvalue weighted by molar-refractivity contribution is -0.136. The second-order valence-corrected chi connectivity index (χ2v) is 9.11. The van der Waals surface area contributed by atoms with Crippen molar-refractivity contribution in [1.29, 1.82) is 0 Å². The van der Waals surface area contributed by atoms with E-state index in [9.17, 15) is 14.3 Å². The molecule has 1 N–H and O–H groups in total. The van der Waals surface area contributed by atoms with Gasteiger partial charge in [0.1, 0.15) is 18.2 Å². The maximum Gasteiger partial charge on any atom is 0.237 e. The summed E-state index contributed by atoms with van der Waals surface area (Å²) in [6.07, 6.45) is 0.873. The van der Waals surface area contributed by atoms with Gasteiger partial charge in [0.05, 0.1) is 25.3 Å². The normalized spacial score (nSPS) is 16.6. The second-order valence-electron chi connectivity index (χ2n) is 8.11. The highest BCUT2D eigenvalue weighted by atomic mass is 32.1. The van der Waals surface area contributed by atoms with Crippen LogP contribution in [0.2, 0.25) is 0 Å². The number of aliphatic hydroxyl groups excluding tert-OH is 1. The van der Waals surface area contributed by atoms with E-state index in [1.807, 2.05) is 21.2 Å². The van der Waals surface area contributed by atoms with Crippen LogP contribution in [0.1, 0.15) is 22.9 Å². The predicted octanol–water partition coefficient (Wildman–Crippen LogP) is 2.74. The van der Waals surface area contributed by atoms with Crippen molar-refractivity contribution in [2.24, 2.45) is 0 Å². The number of benzene rings is 1. The van der Waals surface area contributed by atoms with E-state index in [2.05, 4.69) is 0 Å². The maximum atomic E-state index is 13.6. The van der Waals surface area contributed by atoms with E-state index in [1.54, 1.807) is 37.7 Å². The van der Waals surface area contributed by atoms with Crippen molar-refractivity contribution in [3.05, 3.63) is 52.0 Å². The molecule has 1 amide bonds. The summed E-state index contributed by atoms with van der Waals surface area (Å²) in [6, 6.07) is 7.82. The van der Waals surface area contributed by atoms with E-state index >= 15 is 0 Å². The molecule has 0 unspecified atom stereocenters. The summed E-state index contributed by atoms with van der Waals surface area (Å²) in [6.45, 7) is 2.78. The van der Waals surface area contributed by atoms with Gasteiger partial charge in [-0.3, -0.25) is 9.69 Å². The zero-order valence-electron chi connectivity index (χ0n) is 19.2. The Morgan fingerprint density at radius 3 is 2.94 bits per heavy atom. The number of aliphatic hydroxyl groups is 1. The number of nitrogens with zero attached hydrogens (tertiary/aromatic N) is 2. The van der Waals surface area contributed by atoms with Crippen molar-refractivity contribution in [1.82, 2.24) is 9.80 Å². The Bertz CT molecular complexity index is 880. The van der Waals surface area contributed by atoms with Gasteiger partial charge in [-0.2, -0.15) is 0 Å². The average Bonchev–Trinajstić information content (AvgIpc) is 3.27. The quantitative estimate of drug-likeness (QED) is 0.445. The van der Waals surface area contributed by atoms with Crippen LogP contribution >= 0.6 is 11.3 Å². The molecule has 0 bridgehead atoms. The van der Waals surface area contributed by atoms with Gasteiger partial charge in [0.15, 0.2) is 0 Å². The van der Waals surface area contributed by atoms with Crippen LogP contribution in [0.15, 0.2) is 35.7 Å². The number of hydrogen-bond acceptors (Lipinski definition) is 7. The number of thiophene rings is 1. The van der Waals surface area contributed by atoms with Crippen molar-refractivity contribution in [3.8, 4) is 5.75 Å². The lowest BCUT2D eigenvalue weighted by Crippen LogP contribution is -2.48. The molecule has 3 rings (SSSR count). The van der Waals surface area contributed by atoms with Crippen molar-refractivity contribution in [2.75, 3.05) is 60.2 Å². The number of hydrogen-bond donors (Lipinski definition) is 1. The van der Waals surface area contributed by atoms with Crippen LogP contribution in [0.5, 0.6) is 5.75 Å². The molecule has 2 atom stereocenters. The van der Waals surface area contributed by atoms with Crippen LogP contribution in [-0.2, 0) is 20.7 Å². The van der Waals surface area contributed by atoms with E-state index in [-0.39, 0.29) is 37.5 Å². The molecular formula is C24H33FN2O5S. The van der Waals surface area contributed by atoms with Crippen LogP contribution in [0.4, 0.5) is 4.39 Å². The number of carbonyl (C=O) groups excluding carboxylic acids is 1. The molecule has 0 spiro atoms. The first-order chi connectivity index (χ1) is 16.0. The zero-order valence-corrected chi connectivity index (χ0v) is 20.1. The van der Waals surface area contributed by atoms with Crippen molar-refractivity contribution < 1.29 is 28.5 Å². The smallest absolute Gasteiger partial charge is 0.237 e. The van der Waals surface area contributed by atoms with Crippen molar-refractivity contribution >= 4 is 17.2 Å². The maximum absolute atomic E-state index is 13.6. The third-order valence-electron chi connectivity index (χ3n) is 5.63. The van der Waals surface area contributed by atoms with Crippen molar-refractivity contribution in [3.63, 3.8) is 0 Å². The fraction of sp³-hybridized carbons (Fsp3) is 0.542. The highest BCUT2D eigenvalue weighted by Gasteiger charge is 2.33. The molecule has 0 saturated heterocycles. The number of fused-ring (bicyclic) bond motifs is 1. The summed E-state index contributed by atoms with van der Waals surface area (Å²) in [5, 5.41) is 12.2. The van der Waals surface area contributed by atoms with Gasteiger partial charge in [-0.15, -0.1) is 11.3 Å². The molecule has 1 aliphatic rings. The van der Waals surface area contributed by atoms with E-state index in [1.165, 1.54) is 17.0 Å². The second kappa shape index (κ2) is 13.0. The van der Waals surface area contributed by atoms with E-state index < -0.39 is 6.10 Å². The molecule has 1 aliphatic heterocycles. The summed E-state index contributed by atoms with van der Waals surface area (Å²) in [5.41, 5.74) is 1.08. The van der Waals surface area contributed by atoms with Crippen LogP contribution in [0.25, 0.3) is 0 Å². The number of halogens is 1. The van der Waals surface area contributed by atoms with Gasteiger partial charge in [0.25, 0.3) is 0 Å². The minimum atomic E-state index is -0.678.